The van der Waals surface area contributed by atoms with Crippen molar-refractivity contribution in [3.63, 3.8) is 0 Å². The van der Waals surface area contributed by atoms with Gasteiger partial charge in [0.05, 0.1) is 4.88 Å². The van der Waals surface area contributed by atoms with Crippen molar-refractivity contribution in [3.05, 3.63) is 36.4 Å². The summed E-state index contributed by atoms with van der Waals surface area (Å²) in [5.41, 5.74) is 1.19. The maximum absolute atomic E-state index is 10.4. The van der Waals surface area contributed by atoms with Crippen LogP contribution in [-0.2, 0) is 4.79 Å². The van der Waals surface area contributed by atoms with E-state index in [-0.39, 0.29) is 18.2 Å². The molecule has 2 nitrogen and oxygen atoms in total. The number of thioether (sulfide) groups is 1. The van der Waals surface area contributed by atoms with Crippen molar-refractivity contribution in [2.45, 2.75) is 4.21 Å². The molecule has 6 heteroatoms. The second kappa shape index (κ2) is 6.96. The van der Waals surface area contributed by atoms with Crippen LogP contribution in [0.1, 0.15) is 0 Å². The second-order valence-corrected chi connectivity index (χ2v) is 6.53. The van der Waals surface area contributed by atoms with Gasteiger partial charge in [-0.3, -0.25) is 4.79 Å². The van der Waals surface area contributed by atoms with E-state index in [9.17, 15) is 4.79 Å². The number of hydrogen-bond donors (Lipinski definition) is 1. The van der Waals surface area contributed by atoms with Gasteiger partial charge in [0.2, 0.25) is 0 Å². The van der Waals surface area contributed by atoms with Crippen LogP contribution in [-0.4, -0.2) is 16.8 Å². The Labute approximate surface area is 117 Å². The number of rotatable bonds is 4. The largest absolute Gasteiger partial charge is 1.00 e. The first kappa shape index (κ1) is 14.4. The van der Waals surface area contributed by atoms with Gasteiger partial charge in [-0.15, -0.1) is 0 Å². The lowest BCUT2D eigenvalue weighted by molar-refractivity contribution is -0.133. The molecule has 90 valence electrons. The van der Waals surface area contributed by atoms with Crippen LogP contribution in [0.25, 0.3) is 10.4 Å². The molecule has 2 rings (SSSR count). The SMILES string of the molecule is O=C(O)CSc1cc(-c2ccccc2)s[s+]1.[Cl-]. The smallest absolute Gasteiger partial charge is 0.314 e. The summed E-state index contributed by atoms with van der Waals surface area (Å²) in [5, 5.41) is 8.59. The summed E-state index contributed by atoms with van der Waals surface area (Å²) in [5.74, 6) is -0.647. The van der Waals surface area contributed by atoms with Gasteiger partial charge in [-0.05, 0) is 5.56 Å². The molecule has 0 fully saturated rings. The zero-order valence-corrected chi connectivity index (χ0v) is 11.8. The van der Waals surface area contributed by atoms with Gasteiger partial charge in [-0.1, -0.05) is 42.1 Å². The monoisotopic (exact) mass is 304 g/mol. The molecule has 2 aromatic rings. The Kier molecular flexibility index (Phi) is 5.91. The van der Waals surface area contributed by atoms with Gasteiger partial charge in [-0.2, -0.15) is 0 Å². The first-order valence-corrected chi connectivity index (χ1v) is 7.72. The van der Waals surface area contributed by atoms with Gasteiger partial charge in [-0.25, -0.2) is 0 Å². The zero-order chi connectivity index (χ0) is 11.4. The molecule has 0 saturated carbocycles. The highest BCUT2D eigenvalue weighted by Gasteiger charge is 2.16. The van der Waals surface area contributed by atoms with E-state index in [0.29, 0.717) is 0 Å². The summed E-state index contributed by atoms with van der Waals surface area (Å²) in [7, 11) is 3.31. The molecule has 0 aliphatic heterocycles. The predicted molar refractivity (Wildman–Crippen MR) is 70.4 cm³/mol. The number of halogens is 1. The number of benzene rings is 1. The maximum Gasteiger partial charge on any atom is 0.314 e. The summed E-state index contributed by atoms with van der Waals surface area (Å²) >= 11 is 1.37. The van der Waals surface area contributed by atoms with Crippen molar-refractivity contribution in [3.8, 4) is 10.4 Å². The van der Waals surface area contributed by atoms with Crippen molar-refractivity contribution in [1.29, 1.82) is 0 Å². The first-order valence-electron chi connectivity index (χ1n) is 4.59. The third-order valence-corrected chi connectivity index (χ3v) is 5.80. The van der Waals surface area contributed by atoms with Gasteiger partial charge in [0.25, 0.3) is 4.21 Å². The van der Waals surface area contributed by atoms with E-state index in [1.807, 2.05) is 18.2 Å². The lowest BCUT2D eigenvalue weighted by Crippen LogP contribution is -3.00. The van der Waals surface area contributed by atoms with E-state index >= 15 is 0 Å². The highest BCUT2D eigenvalue weighted by molar-refractivity contribution is 8.03. The lowest BCUT2D eigenvalue weighted by atomic mass is 10.2. The van der Waals surface area contributed by atoms with Gasteiger partial charge < -0.3 is 17.5 Å². The topological polar surface area (TPSA) is 37.3 Å². The Morgan fingerprint density at radius 1 is 1.35 bits per heavy atom. The summed E-state index contributed by atoms with van der Waals surface area (Å²) in [6, 6.07) is 12.2. The molecule has 0 aliphatic rings. The number of carbonyl (C=O) groups is 1. The van der Waals surface area contributed by atoms with E-state index in [4.69, 9.17) is 5.11 Å². The maximum atomic E-state index is 10.4. The molecule has 0 radical (unpaired) electrons. The number of aliphatic carboxylic acids is 1. The molecule has 17 heavy (non-hydrogen) atoms. The van der Waals surface area contributed by atoms with Crippen LogP contribution in [0.4, 0.5) is 0 Å². The fourth-order valence-electron chi connectivity index (χ4n) is 1.17. The Morgan fingerprint density at radius 3 is 2.71 bits per heavy atom. The summed E-state index contributed by atoms with van der Waals surface area (Å²) in [6.07, 6.45) is 0. The van der Waals surface area contributed by atoms with Crippen molar-refractivity contribution < 1.29 is 22.3 Å². The molecule has 0 atom stereocenters. The summed E-state index contributed by atoms with van der Waals surface area (Å²) in [4.78, 5) is 11.6. The molecule has 0 saturated heterocycles. The zero-order valence-electron chi connectivity index (χ0n) is 8.63. The Hall–Kier alpha value is -0.620. The minimum atomic E-state index is -0.773. The molecular formula is C11H9ClO2S3. The van der Waals surface area contributed by atoms with E-state index in [0.717, 1.165) is 4.21 Å². The van der Waals surface area contributed by atoms with E-state index in [1.165, 1.54) is 22.2 Å². The van der Waals surface area contributed by atoms with Crippen molar-refractivity contribution >= 4 is 38.4 Å². The van der Waals surface area contributed by atoms with E-state index in [2.05, 4.69) is 18.2 Å². The van der Waals surface area contributed by atoms with Crippen LogP contribution in [0.2, 0.25) is 0 Å². The third-order valence-electron chi connectivity index (χ3n) is 1.86. The highest BCUT2D eigenvalue weighted by Crippen LogP contribution is 2.36. The molecule has 0 bridgehead atoms. The normalized spacial score (nSPS) is 9.65. The molecule has 1 N–H and O–H groups in total. The quantitative estimate of drug-likeness (QED) is 0.519. The van der Waals surface area contributed by atoms with Crippen molar-refractivity contribution in [1.82, 2.24) is 0 Å². The van der Waals surface area contributed by atoms with Gasteiger partial charge in [0, 0.05) is 6.07 Å². The Balaban J connectivity index is 0.00000144. The lowest BCUT2D eigenvalue weighted by Gasteiger charge is -1.90. The highest BCUT2D eigenvalue weighted by atomic mass is 35.5. The molecule has 1 heterocycles. The molecular weight excluding hydrogens is 296 g/mol. The van der Waals surface area contributed by atoms with Crippen molar-refractivity contribution in [2.24, 2.45) is 0 Å². The Morgan fingerprint density at radius 2 is 2.06 bits per heavy atom. The van der Waals surface area contributed by atoms with Crippen LogP contribution in [0, 0.1) is 0 Å². The number of carboxylic acids is 1. The van der Waals surface area contributed by atoms with Crippen molar-refractivity contribution in [2.75, 3.05) is 5.75 Å². The molecule has 1 aromatic carbocycles. The number of carboxylic acid groups (broad SMARTS) is 1. The Bertz CT molecular complexity index is 484. The fraction of sp³-hybridized carbons (Fsp3) is 0.0909. The molecule has 0 spiro atoms. The van der Waals surface area contributed by atoms with Gasteiger partial charge in [0.1, 0.15) is 5.75 Å². The van der Waals surface area contributed by atoms with E-state index in [1.54, 1.807) is 20.7 Å². The fourth-order valence-corrected chi connectivity index (χ4v) is 4.73. The average molecular weight is 305 g/mol. The predicted octanol–water partition coefficient (Wildman–Crippen LogP) is 0.938. The van der Waals surface area contributed by atoms with Crippen LogP contribution < -0.4 is 12.4 Å². The van der Waals surface area contributed by atoms with Gasteiger partial charge >= 0.3 is 16.3 Å². The molecule has 0 unspecified atom stereocenters. The molecule has 0 amide bonds. The summed E-state index contributed by atoms with van der Waals surface area (Å²) in [6.45, 7) is 0. The molecule has 0 aliphatic carbocycles. The average Bonchev–Trinajstić information content (AvgIpc) is 2.76. The standard InChI is InChI=1S/C11H8O2S3.ClH/c12-10(13)7-14-11-6-9(15-16-11)8-4-2-1-3-5-8;/h1-6H,7H2;1H. The third kappa shape index (κ3) is 4.27. The first-order chi connectivity index (χ1) is 7.75. The van der Waals surface area contributed by atoms with Crippen LogP contribution in [0.5, 0.6) is 0 Å². The van der Waals surface area contributed by atoms with Gasteiger partial charge in [0.15, 0.2) is 10.3 Å². The number of hydrogen-bond acceptors (Lipinski definition) is 3. The second-order valence-electron chi connectivity index (χ2n) is 3.04. The molecule has 1 aromatic heterocycles. The minimum absolute atomic E-state index is 0. The van der Waals surface area contributed by atoms with Crippen LogP contribution >= 0.6 is 32.4 Å². The minimum Gasteiger partial charge on any atom is -1.00 e. The van der Waals surface area contributed by atoms with Crippen LogP contribution in [0.15, 0.2) is 40.6 Å². The van der Waals surface area contributed by atoms with E-state index < -0.39 is 5.97 Å². The van der Waals surface area contributed by atoms with Crippen LogP contribution in [0.3, 0.4) is 0 Å². The summed E-state index contributed by atoms with van der Waals surface area (Å²) < 4.78 is 1.06.